The molecule has 0 saturated carbocycles. The lowest BCUT2D eigenvalue weighted by Gasteiger charge is -2.23. The maximum Gasteiger partial charge on any atom is 0.114 e. The van der Waals surface area contributed by atoms with Crippen molar-refractivity contribution in [3.8, 4) is 0 Å². The summed E-state index contributed by atoms with van der Waals surface area (Å²) in [6, 6.07) is 0. The number of rotatable bonds is 21. The van der Waals surface area contributed by atoms with Crippen molar-refractivity contribution in [3.05, 3.63) is 12.2 Å². The Bertz CT molecular complexity index is 415. The van der Waals surface area contributed by atoms with Crippen LogP contribution in [-0.4, -0.2) is 59.6 Å². The normalized spacial score (nSPS) is 22.5. The van der Waals surface area contributed by atoms with Crippen LogP contribution < -0.4 is 0 Å². The summed E-state index contributed by atoms with van der Waals surface area (Å²) in [7, 11) is 0. The number of unbranched alkanes of at least 4 members (excludes halogenated alkanes) is 14. The average molecular weight is 443 g/mol. The third-order valence-electron chi connectivity index (χ3n) is 6.20. The maximum atomic E-state index is 9.91. The summed E-state index contributed by atoms with van der Waals surface area (Å²) in [4.78, 5) is 0. The van der Waals surface area contributed by atoms with E-state index in [4.69, 9.17) is 14.6 Å². The van der Waals surface area contributed by atoms with Gasteiger partial charge in [0.25, 0.3) is 0 Å². The van der Waals surface area contributed by atoms with Crippen LogP contribution >= 0.6 is 0 Å². The number of hydrogen-bond acceptors (Lipinski definition) is 5. The van der Waals surface area contributed by atoms with Gasteiger partial charge >= 0.3 is 0 Å². The highest BCUT2D eigenvalue weighted by atomic mass is 16.6. The Balaban J connectivity index is 1.83. The summed E-state index contributed by atoms with van der Waals surface area (Å²) in [5, 5.41) is 28.7. The highest BCUT2D eigenvalue weighted by Crippen LogP contribution is 2.21. The summed E-state index contributed by atoms with van der Waals surface area (Å²) < 4.78 is 11.1. The zero-order valence-corrected chi connectivity index (χ0v) is 20.1. The van der Waals surface area contributed by atoms with E-state index in [9.17, 15) is 10.2 Å². The van der Waals surface area contributed by atoms with E-state index in [0.717, 1.165) is 12.8 Å². The fraction of sp³-hybridized carbons (Fsp3) is 0.923. The summed E-state index contributed by atoms with van der Waals surface area (Å²) >= 11 is 0. The molecule has 0 aromatic rings. The molecular formula is C26H50O5. The zero-order chi connectivity index (χ0) is 22.6. The number of aliphatic hydroxyl groups is 3. The minimum Gasteiger partial charge on any atom is -0.394 e. The van der Waals surface area contributed by atoms with E-state index in [2.05, 4.69) is 19.1 Å². The molecule has 0 amide bonds. The predicted octanol–water partition coefficient (Wildman–Crippen LogP) is 5.30. The molecule has 0 aromatic heterocycles. The molecule has 0 aromatic carbocycles. The summed E-state index contributed by atoms with van der Waals surface area (Å²) in [5.41, 5.74) is 0. The van der Waals surface area contributed by atoms with Crippen LogP contribution in [0.3, 0.4) is 0 Å². The number of aliphatic hydroxyl groups excluding tert-OH is 3. The van der Waals surface area contributed by atoms with Crippen LogP contribution in [-0.2, 0) is 9.47 Å². The summed E-state index contributed by atoms with van der Waals surface area (Å²) in [6.07, 6.45) is 22.5. The Morgan fingerprint density at radius 2 is 1.35 bits per heavy atom. The van der Waals surface area contributed by atoms with E-state index in [1.807, 2.05) is 0 Å². The van der Waals surface area contributed by atoms with Gasteiger partial charge in [-0.1, -0.05) is 89.7 Å². The van der Waals surface area contributed by atoms with Gasteiger partial charge in [-0.2, -0.15) is 0 Å². The average Bonchev–Trinajstić information content (AvgIpc) is 3.15. The van der Waals surface area contributed by atoms with Crippen molar-refractivity contribution in [3.63, 3.8) is 0 Å². The first kappa shape index (κ1) is 28.6. The second-order valence-corrected chi connectivity index (χ2v) is 9.10. The van der Waals surface area contributed by atoms with Crippen molar-refractivity contribution >= 4 is 0 Å². The zero-order valence-electron chi connectivity index (χ0n) is 20.1. The van der Waals surface area contributed by atoms with Crippen molar-refractivity contribution in [2.75, 3.05) is 19.8 Å². The van der Waals surface area contributed by atoms with Crippen molar-refractivity contribution in [1.82, 2.24) is 0 Å². The molecule has 0 unspecified atom stereocenters. The van der Waals surface area contributed by atoms with Gasteiger partial charge in [0, 0.05) is 6.61 Å². The molecule has 1 saturated heterocycles. The van der Waals surface area contributed by atoms with E-state index in [1.165, 1.54) is 89.9 Å². The first-order valence-electron chi connectivity index (χ1n) is 13.1. The minimum atomic E-state index is -1.00. The number of ether oxygens (including phenoxy) is 2. The van der Waals surface area contributed by atoms with Gasteiger partial charge < -0.3 is 24.8 Å². The molecular weight excluding hydrogens is 392 g/mol. The highest BCUT2D eigenvalue weighted by Gasteiger charge is 2.40. The second-order valence-electron chi connectivity index (χ2n) is 9.10. The van der Waals surface area contributed by atoms with Crippen LogP contribution in [0.4, 0.5) is 0 Å². The van der Waals surface area contributed by atoms with Crippen LogP contribution in [0.2, 0.25) is 0 Å². The second kappa shape index (κ2) is 20.2. The molecule has 4 atom stereocenters. The molecule has 0 spiro atoms. The van der Waals surface area contributed by atoms with Gasteiger partial charge in [0.1, 0.15) is 24.4 Å². The van der Waals surface area contributed by atoms with E-state index >= 15 is 0 Å². The molecule has 1 fully saturated rings. The van der Waals surface area contributed by atoms with Gasteiger partial charge in [-0.05, 0) is 32.1 Å². The van der Waals surface area contributed by atoms with Gasteiger partial charge in [0.2, 0.25) is 0 Å². The van der Waals surface area contributed by atoms with Gasteiger partial charge in [0.15, 0.2) is 0 Å². The molecule has 1 rings (SSSR count). The molecule has 1 heterocycles. The number of allylic oxidation sites excluding steroid dienone is 2. The summed E-state index contributed by atoms with van der Waals surface area (Å²) in [5.74, 6) is 0. The van der Waals surface area contributed by atoms with Crippen LogP contribution in [0.1, 0.15) is 110 Å². The van der Waals surface area contributed by atoms with E-state index < -0.39 is 24.4 Å². The molecule has 5 heteroatoms. The first-order chi connectivity index (χ1) is 15.2. The van der Waals surface area contributed by atoms with Crippen molar-refractivity contribution in [1.29, 1.82) is 0 Å². The Labute approximate surface area is 191 Å². The lowest BCUT2D eigenvalue weighted by molar-refractivity contribution is -0.0938. The van der Waals surface area contributed by atoms with Gasteiger partial charge in [0.05, 0.1) is 13.2 Å². The molecule has 1 aliphatic heterocycles. The highest BCUT2D eigenvalue weighted by molar-refractivity contribution is 4.89. The molecule has 3 N–H and O–H groups in total. The third kappa shape index (κ3) is 14.3. The van der Waals surface area contributed by atoms with E-state index in [1.54, 1.807) is 0 Å². The van der Waals surface area contributed by atoms with Crippen LogP contribution in [0, 0.1) is 0 Å². The SMILES string of the molecule is CCCCCCC/C=C/CCCCCCCCCCCO[C@H]1[C@@H]([C@@H](O)CO)OC[C@H]1O. The Morgan fingerprint density at radius 1 is 0.839 bits per heavy atom. The van der Waals surface area contributed by atoms with E-state index in [-0.39, 0.29) is 13.2 Å². The third-order valence-corrected chi connectivity index (χ3v) is 6.20. The van der Waals surface area contributed by atoms with Crippen molar-refractivity contribution in [2.24, 2.45) is 0 Å². The predicted molar refractivity (Wildman–Crippen MR) is 127 cm³/mol. The minimum absolute atomic E-state index is 0.155. The topological polar surface area (TPSA) is 79.2 Å². The fourth-order valence-corrected chi connectivity index (χ4v) is 4.18. The fourth-order valence-electron chi connectivity index (χ4n) is 4.18. The monoisotopic (exact) mass is 442 g/mol. The largest absolute Gasteiger partial charge is 0.394 e. The molecule has 0 bridgehead atoms. The molecule has 1 aliphatic rings. The Morgan fingerprint density at radius 3 is 1.90 bits per heavy atom. The van der Waals surface area contributed by atoms with E-state index in [0.29, 0.717) is 6.61 Å². The lowest BCUT2D eigenvalue weighted by Crippen LogP contribution is -2.42. The van der Waals surface area contributed by atoms with Crippen LogP contribution in [0.15, 0.2) is 12.2 Å². The van der Waals surface area contributed by atoms with Gasteiger partial charge in [-0.3, -0.25) is 0 Å². The molecule has 0 aliphatic carbocycles. The van der Waals surface area contributed by atoms with Gasteiger partial charge in [-0.15, -0.1) is 0 Å². The quantitative estimate of drug-likeness (QED) is 0.166. The molecule has 5 nitrogen and oxygen atoms in total. The first-order valence-corrected chi connectivity index (χ1v) is 13.1. The molecule has 0 radical (unpaired) electrons. The van der Waals surface area contributed by atoms with Crippen molar-refractivity contribution in [2.45, 2.75) is 134 Å². The Kier molecular flexibility index (Phi) is 18.6. The number of hydrogen-bond donors (Lipinski definition) is 3. The van der Waals surface area contributed by atoms with Gasteiger partial charge in [-0.25, -0.2) is 0 Å². The van der Waals surface area contributed by atoms with Crippen molar-refractivity contribution < 1.29 is 24.8 Å². The standard InChI is InChI=1S/C26H50O5/c1-2-3-4-5-6-7-8-9-10-11-12-13-14-15-16-17-18-19-20-30-26-24(29)22-31-25(26)23(28)21-27/h8-9,23-29H,2-7,10-22H2,1H3/b9-8+/t23-,24+,25+,26+/m0/s1. The maximum absolute atomic E-state index is 9.91. The smallest absolute Gasteiger partial charge is 0.114 e. The van der Waals surface area contributed by atoms with Crippen LogP contribution in [0.5, 0.6) is 0 Å². The van der Waals surface area contributed by atoms with Crippen LogP contribution in [0.25, 0.3) is 0 Å². The summed E-state index contributed by atoms with van der Waals surface area (Å²) in [6.45, 7) is 2.60. The lowest BCUT2D eigenvalue weighted by atomic mass is 10.1. The Hall–Kier alpha value is -0.460. The molecule has 31 heavy (non-hydrogen) atoms. The molecule has 184 valence electrons.